The van der Waals surface area contributed by atoms with E-state index in [1.807, 2.05) is 42.5 Å². The Labute approximate surface area is 213 Å². The van der Waals surface area contributed by atoms with E-state index >= 15 is 0 Å². The highest BCUT2D eigenvalue weighted by molar-refractivity contribution is 5.97. The topological polar surface area (TPSA) is 112 Å². The van der Waals surface area contributed by atoms with Crippen LogP contribution in [0.3, 0.4) is 0 Å². The van der Waals surface area contributed by atoms with Gasteiger partial charge in [-0.15, -0.1) is 0 Å². The van der Waals surface area contributed by atoms with E-state index in [4.69, 9.17) is 29.2 Å². The van der Waals surface area contributed by atoms with Crippen molar-refractivity contribution in [2.75, 3.05) is 59.5 Å². The zero-order valence-electron chi connectivity index (χ0n) is 21.2. The lowest BCUT2D eigenvalue weighted by atomic mass is 10.0. The van der Waals surface area contributed by atoms with E-state index < -0.39 is 0 Å². The van der Waals surface area contributed by atoms with E-state index in [0.717, 1.165) is 23.1 Å². The fraction of sp³-hybridized carbons (Fsp3) is 0.429. The molecule has 8 nitrogen and oxygen atoms in total. The molecule has 198 valence electrons. The average Bonchev–Trinajstić information content (AvgIpc) is 2.88. The van der Waals surface area contributed by atoms with E-state index in [1.165, 1.54) is 6.92 Å². The van der Waals surface area contributed by atoms with Crippen LogP contribution >= 0.6 is 0 Å². The summed E-state index contributed by atoms with van der Waals surface area (Å²) < 4.78 is 20.7. The van der Waals surface area contributed by atoms with Crippen LogP contribution in [0.25, 0.3) is 6.08 Å². The minimum atomic E-state index is 0.0157. The van der Waals surface area contributed by atoms with Crippen LogP contribution < -0.4 is 0 Å². The van der Waals surface area contributed by atoms with Crippen molar-refractivity contribution >= 4 is 17.6 Å². The molecule has 2 aromatic carbocycles. The van der Waals surface area contributed by atoms with Gasteiger partial charge >= 0.3 is 0 Å². The highest BCUT2D eigenvalue weighted by atomic mass is 16.5. The summed E-state index contributed by atoms with van der Waals surface area (Å²) in [5, 5.41) is 17.0. The molecular formula is C28H38O8. The number of hydrogen-bond acceptors (Lipinski definition) is 8. The first-order valence-electron chi connectivity index (χ1n) is 11.9. The van der Waals surface area contributed by atoms with Gasteiger partial charge in [0.1, 0.15) is 6.61 Å². The molecule has 0 bridgehead atoms. The van der Waals surface area contributed by atoms with Gasteiger partial charge in [0.15, 0.2) is 11.6 Å². The molecule has 0 amide bonds. The first-order valence-corrected chi connectivity index (χ1v) is 11.9. The van der Waals surface area contributed by atoms with Gasteiger partial charge in [-0.1, -0.05) is 48.5 Å². The lowest BCUT2D eigenvalue weighted by Crippen LogP contribution is -2.10. The number of rotatable bonds is 17. The highest BCUT2D eigenvalue weighted by Gasteiger charge is 2.05. The largest absolute Gasteiger partial charge is 0.499 e. The zero-order valence-corrected chi connectivity index (χ0v) is 21.2. The third-order valence-electron chi connectivity index (χ3n) is 4.79. The van der Waals surface area contributed by atoms with Crippen molar-refractivity contribution in [2.45, 2.75) is 20.3 Å². The quantitative estimate of drug-likeness (QED) is 0.192. The Balaban J connectivity index is 0.000000360. The van der Waals surface area contributed by atoms with E-state index in [0.29, 0.717) is 51.8 Å². The molecule has 0 saturated heterocycles. The lowest BCUT2D eigenvalue weighted by Gasteiger charge is -2.07. The number of ether oxygens (including phenoxy) is 4. The van der Waals surface area contributed by atoms with Gasteiger partial charge in [0.25, 0.3) is 0 Å². The normalized spacial score (nSPS) is 10.7. The summed E-state index contributed by atoms with van der Waals surface area (Å²) in [6.45, 7) is 6.21. The number of ketones is 2. The van der Waals surface area contributed by atoms with Crippen LogP contribution in [0.5, 0.6) is 0 Å². The molecular weight excluding hydrogens is 464 g/mol. The minimum absolute atomic E-state index is 0.0157. The summed E-state index contributed by atoms with van der Waals surface area (Å²) in [7, 11) is 0. The zero-order chi connectivity index (χ0) is 26.4. The van der Waals surface area contributed by atoms with Crippen LogP contribution in [0.2, 0.25) is 0 Å². The predicted octanol–water partition coefficient (Wildman–Crippen LogP) is 3.34. The van der Waals surface area contributed by atoms with Crippen LogP contribution in [0.4, 0.5) is 0 Å². The van der Waals surface area contributed by atoms with Crippen LogP contribution in [-0.2, 0) is 25.4 Å². The van der Waals surface area contributed by atoms with Gasteiger partial charge < -0.3 is 29.2 Å². The molecule has 0 spiro atoms. The monoisotopic (exact) mass is 502 g/mol. The molecule has 0 aromatic heterocycles. The fourth-order valence-corrected chi connectivity index (χ4v) is 3.08. The number of aliphatic hydroxyl groups excluding tert-OH is 2. The third-order valence-corrected chi connectivity index (χ3v) is 4.79. The first-order chi connectivity index (χ1) is 17.5. The number of Topliss-reactive ketones (excluding diaryl/α,β-unsaturated/α-hetero) is 2. The lowest BCUT2D eigenvalue weighted by molar-refractivity contribution is 0.0340. The van der Waals surface area contributed by atoms with Crippen LogP contribution in [0.15, 0.2) is 54.8 Å². The van der Waals surface area contributed by atoms with Crippen molar-refractivity contribution in [1.29, 1.82) is 0 Å². The van der Waals surface area contributed by atoms with Crippen LogP contribution in [0.1, 0.15) is 45.7 Å². The predicted molar refractivity (Wildman–Crippen MR) is 138 cm³/mol. The highest BCUT2D eigenvalue weighted by Crippen LogP contribution is 2.12. The molecule has 0 aliphatic heterocycles. The Morgan fingerprint density at radius 1 is 0.694 bits per heavy atom. The molecule has 2 N–H and O–H groups in total. The Morgan fingerprint density at radius 3 is 1.83 bits per heavy atom. The van der Waals surface area contributed by atoms with Gasteiger partial charge in [-0.2, -0.15) is 0 Å². The number of carbonyl (C=O) groups excluding carboxylic acids is 2. The molecule has 0 atom stereocenters. The van der Waals surface area contributed by atoms with Crippen molar-refractivity contribution in [2.24, 2.45) is 0 Å². The van der Waals surface area contributed by atoms with Gasteiger partial charge in [-0.25, -0.2) is 0 Å². The maximum Gasteiger partial charge on any atom is 0.160 e. The number of carbonyl (C=O) groups is 2. The Morgan fingerprint density at radius 2 is 1.22 bits per heavy atom. The molecule has 0 radical (unpaired) electrons. The molecule has 8 heteroatoms. The molecule has 0 unspecified atom stereocenters. The van der Waals surface area contributed by atoms with Crippen molar-refractivity contribution < 1.29 is 38.7 Å². The van der Waals surface area contributed by atoms with E-state index in [9.17, 15) is 9.59 Å². The van der Waals surface area contributed by atoms with Gasteiger partial charge in [-0.3, -0.25) is 9.59 Å². The second-order valence-electron chi connectivity index (χ2n) is 7.56. The summed E-state index contributed by atoms with van der Waals surface area (Å²) in [6.07, 6.45) is 4.02. The number of hydrogen-bond donors (Lipinski definition) is 2. The fourth-order valence-electron chi connectivity index (χ4n) is 3.08. The second-order valence-corrected chi connectivity index (χ2v) is 7.56. The number of aliphatic hydroxyl groups is 2. The standard InChI is InChI=1S/C14H20O4.C14H18O4/c2*1-12(16)14-5-3-2-4-13(14)6-8-17-10-11-18-9-7-15/h2-5,15H,6-11H2,1H3;2-6,8,15H,7,9-11H2,1H3/b;8-6+. The molecule has 2 rings (SSSR count). The summed E-state index contributed by atoms with van der Waals surface area (Å²) >= 11 is 0. The van der Waals surface area contributed by atoms with Crippen molar-refractivity contribution in [1.82, 2.24) is 0 Å². The molecule has 0 heterocycles. The van der Waals surface area contributed by atoms with E-state index in [1.54, 1.807) is 25.3 Å². The molecule has 0 fully saturated rings. The summed E-state index contributed by atoms with van der Waals surface area (Å²) in [6, 6.07) is 14.9. The maximum atomic E-state index is 11.4. The van der Waals surface area contributed by atoms with Crippen LogP contribution in [0, 0.1) is 0 Å². The SMILES string of the molecule is CC(=O)c1ccccc1/C=C/OCCOCCO.CC(=O)c1ccccc1CCOCCOCCO. The average molecular weight is 503 g/mol. The summed E-state index contributed by atoms with van der Waals surface area (Å²) in [5.74, 6) is 0.110. The smallest absolute Gasteiger partial charge is 0.160 e. The Hall–Kier alpha value is -2.88. The molecule has 0 aliphatic rings. The third kappa shape index (κ3) is 13.9. The van der Waals surface area contributed by atoms with Crippen molar-refractivity contribution in [3.8, 4) is 0 Å². The van der Waals surface area contributed by atoms with Gasteiger partial charge in [0.2, 0.25) is 0 Å². The van der Waals surface area contributed by atoms with Gasteiger partial charge in [0.05, 0.1) is 59.1 Å². The Kier molecular flexibility index (Phi) is 17.6. The minimum Gasteiger partial charge on any atom is -0.499 e. The molecule has 2 aromatic rings. The van der Waals surface area contributed by atoms with Gasteiger partial charge in [0, 0.05) is 11.1 Å². The second kappa shape index (κ2) is 20.3. The number of benzene rings is 2. The maximum absolute atomic E-state index is 11.4. The van der Waals surface area contributed by atoms with E-state index in [-0.39, 0.29) is 24.8 Å². The van der Waals surface area contributed by atoms with Crippen molar-refractivity contribution in [3.63, 3.8) is 0 Å². The summed E-state index contributed by atoms with van der Waals surface area (Å²) in [4.78, 5) is 22.7. The van der Waals surface area contributed by atoms with E-state index in [2.05, 4.69) is 0 Å². The summed E-state index contributed by atoms with van der Waals surface area (Å²) in [5.41, 5.74) is 3.29. The molecule has 0 aliphatic carbocycles. The van der Waals surface area contributed by atoms with Crippen molar-refractivity contribution in [3.05, 3.63) is 77.0 Å². The molecule has 36 heavy (non-hydrogen) atoms. The first kappa shape index (κ1) is 31.2. The van der Waals surface area contributed by atoms with Crippen LogP contribution in [-0.4, -0.2) is 81.2 Å². The van der Waals surface area contributed by atoms with Gasteiger partial charge in [-0.05, 0) is 37.5 Å². The Bertz CT molecular complexity index is 910. The molecule has 0 saturated carbocycles.